The Morgan fingerprint density at radius 2 is 1.77 bits per heavy atom. The van der Waals surface area contributed by atoms with Crippen molar-refractivity contribution in [2.45, 2.75) is 13.5 Å². The fraction of sp³-hybridized carbons (Fsp3) is 0.118. The minimum Gasteiger partial charge on any atom is -0.486 e. The van der Waals surface area contributed by atoms with Crippen LogP contribution >= 0.6 is 23.2 Å². The summed E-state index contributed by atoms with van der Waals surface area (Å²) in [7, 11) is 0. The SMILES string of the molecule is Cc1ccc(COc2c(Cl)cc(C=CC(=O)O)cc2Cl)cc1. The molecular formula is C17H14Cl2O3. The Hall–Kier alpha value is -1.97. The number of aliphatic carboxylic acids is 1. The summed E-state index contributed by atoms with van der Waals surface area (Å²) in [4.78, 5) is 10.5. The van der Waals surface area contributed by atoms with Crippen molar-refractivity contribution in [1.29, 1.82) is 0 Å². The lowest BCUT2D eigenvalue weighted by Crippen LogP contribution is -1.97. The fourth-order valence-corrected chi connectivity index (χ4v) is 2.43. The molecule has 0 aliphatic carbocycles. The average molecular weight is 337 g/mol. The van der Waals surface area contributed by atoms with Gasteiger partial charge in [-0.3, -0.25) is 0 Å². The van der Waals surface area contributed by atoms with Crippen LogP contribution in [0.1, 0.15) is 16.7 Å². The summed E-state index contributed by atoms with van der Waals surface area (Å²) in [6, 6.07) is 11.2. The normalized spacial score (nSPS) is 10.9. The van der Waals surface area contributed by atoms with Gasteiger partial charge >= 0.3 is 5.97 Å². The van der Waals surface area contributed by atoms with E-state index in [9.17, 15) is 4.79 Å². The predicted molar refractivity (Wildman–Crippen MR) is 88.6 cm³/mol. The molecule has 0 saturated carbocycles. The standard InChI is InChI=1S/C17H14Cl2O3/c1-11-2-4-12(5-3-11)10-22-17-14(18)8-13(9-15(17)19)6-7-16(20)21/h2-9H,10H2,1H3,(H,20,21). The third-order valence-corrected chi connectivity index (χ3v) is 3.50. The first-order chi connectivity index (χ1) is 10.5. The lowest BCUT2D eigenvalue weighted by atomic mass is 10.1. The van der Waals surface area contributed by atoms with Gasteiger partial charge < -0.3 is 9.84 Å². The van der Waals surface area contributed by atoms with Gasteiger partial charge in [0.05, 0.1) is 10.0 Å². The molecular weight excluding hydrogens is 323 g/mol. The van der Waals surface area contributed by atoms with E-state index in [0.717, 1.165) is 11.6 Å². The summed E-state index contributed by atoms with van der Waals surface area (Å²) >= 11 is 12.3. The van der Waals surface area contributed by atoms with Crippen LogP contribution in [0.15, 0.2) is 42.5 Å². The first kappa shape index (κ1) is 16.4. The lowest BCUT2D eigenvalue weighted by molar-refractivity contribution is -0.131. The second kappa shape index (κ2) is 7.34. The maximum Gasteiger partial charge on any atom is 0.328 e. The molecule has 5 heteroatoms. The van der Waals surface area contributed by atoms with Gasteiger partial charge in [-0.2, -0.15) is 0 Å². The topological polar surface area (TPSA) is 46.5 Å². The Balaban J connectivity index is 2.14. The molecule has 2 aromatic rings. The van der Waals surface area contributed by atoms with Crippen molar-refractivity contribution in [2.24, 2.45) is 0 Å². The van der Waals surface area contributed by atoms with E-state index in [1.165, 1.54) is 11.6 Å². The van der Waals surface area contributed by atoms with Crippen molar-refractivity contribution >= 4 is 35.2 Å². The van der Waals surface area contributed by atoms with E-state index in [1.807, 2.05) is 31.2 Å². The highest BCUT2D eigenvalue weighted by atomic mass is 35.5. The number of rotatable bonds is 5. The molecule has 22 heavy (non-hydrogen) atoms. The summed E-state index contributed by atoms with van der Waals surface area (Å²) < 4.78 is 5.67. The van der Waals surface area contributed by atoms with Crippen molar-refractivity contribution in [1.82, 2.24) is 0 Å². The van der Waals surface area contributed by atoms with Crippen LogP contribution in [-0.2, 0) is 11.4 Å². The third-order valence-electron chi connectivity index (χ3n) is 2.94. The Kier molecular flexibility index (Phi) is 5.47. The second-order valence-corrected chi connectivity index (χ2v) is 5.57. The Bertz CT molecular complexity index is 683. The highest BCUT2D eigenvalue weighted by molar-refractivity contribution is 6.37. The molecule has 1 N–H and O–H groups in total. The smallest absolute Gasteiger partial charge is 0.328 e. The molecule has 114 valence electrons. The predicted octanol–water partition coefficient (Wildman–Crippen LogP) is 4.98. The van der Waals surface area contributed by atoms with Gasteiger partial charge in [-0.05, 0) is 36.3 Å². The molecule has 0 amide bonds. The number of benzene rings is 2. The molecule has 0 aliphatic rings. The molecule has 2 rings (SSSR count). The van der Waals surface area contributed by atoms with Crippen LogP contribution in [0.4, 0.5) is 0 Å². The maximum absolute atomic E-state index is 10.5. The Morgan fingerprint density at radius 3 is 2.32 bits per heavy atom. The highest BCUT2D eigenvalue weighted by Crippen LogP contribution is 2.35. The number of carboxylic acid groups (broad SMARTS) is 1. The molecule has 0 bridgehead atoms. The zero-order valence-electron chi connectivity index (χ0n) is 11.8. The van der Waals surface area contributed by atoms with Crippen molar-refractivity contribution in [3.63, 3.8) is 0 Å². The van der Waals surface area contributed by atoms with Gasteiger partial charge in [-0.15, -0.1) is 0 Å². The minimum absolute atomic E-state index is 0.338. The highest BCUT2D eigenvalue weighted by Gasteiger charge is 2.09. The number of hydrogen-bond donors (Lipinski definition) is 1. The van der Waals surface area contributed by atoms with E-state index in [0.29, 0.717) is 28.0 Å². The van der Waals surface area contributed by atoms with Gasteiger partial charge in [0.1, 0.15) is 6.61 Å². The van der Waals surface area contributed by atoms with Crippen LogP contribution < -0.4 is 4.74 Å². The molecule has 0 aromatic heterocycles. The van der Waals surface area contributed by atoms with Crippen LogP contribution in [0.2, 0.25) is 10.0 Å². The number of aryl methyl sites for hydroxylation is 1. The quantitative estimate of drug-likeness (QED) is 0.783. The maximum atomic E-state index is 10.5. The lowest BCUT2D eigenvalue weighted by Gasteiger charge is -2.11. The largest absolute Gasteiger partial charge is 0.486 e. The fourth-order valence-electron chi connectivity index (χ4n) is 1.82. The van der Waals surface area contributed by atoms with Crippen LogP contribution in [0.5, 0.6) is 5.75 Å². The van der Waals surface area contributed by atoms with Gasteiger partial charge in [0.25, 0.3) is 0 Å². The number of carboxylic acids is 1. The molecule has 0 spiro atoms. The van der Waals surface area contributed by atoms with Crippen molar-refractivity contribution in [2.75, 3.05) is 0 Å². The summed E-state index contributed by atoms with van der Waals surface area (Å²) in [6.07, 6.45) is 2.44. The van der Waals surface area contributed by atoms with Gasteiger partial charge in [0.15, 0.2) is 5.75 Å². The molecule has 0 radical (unpaired) electrons. The monoisotopic (exact) mass is 336 g/mol. The zero-order valence-corrected chi connectivity index (χ0v) is 13.4. The van der Waals surface area contributed by atoms with E-state index >= 15 is 0 Å². The van der Waals surface area contributed by atoms with E-state index in [1.54, 1.807) is 12.1 Å². The summed E-state index contributed by atoms with van der Waals surface area (Å²) in [6.45, 7) is 2.37. The summed E-state index contributed by atoms with van der Waals surface area (Å²) in [5.41, 5.74) is 2.78. The molecule has 0 unspecified atom stereocenters. The third kappa shape index (κ3) is 4.52. The van der Waals surface area contributed by atoms with Crippen LogP contribution in [0.25, 0.3) is 6.08 Å². The van der Waals surface area contributed by atoms with Crippen molar-refractivity contribution in [3.05, 3.63) is 69.2 Å². The number of hydrogen-bond acceptors (Lipinski definition) is 2. The van der Waals surface area contributed by atoms with E-state index in [-0.39, 0.29) is 0 Å². The molecule has 2 aromatic carbocycles. The van der Waals surface area contributed by atoms with Gasteiger partial charge in [-0.25, -0.2) is 4.79 Å². The van der Waals surface area contributed by atoms with Crippen LogP contribution in [-0.4, -0.2) is 11.1 Å². The summed E-state index contributed by atoms with van der Waals surface area (Å²) in [5, 5.41) is 9.30. The first-order valence-electron chi connectivity index (χ1n) is 6.54. The van der Waals surface area contributed by atoms with Crippen LogP contribution in [0.3, 0.4) is 0 Å². The summed E-state index contributed by atoms with van der Waals surface area (Å²) in [5.74, 6) is -0.650. The van der Waals surface area contributed by atoms with Gasteiger partial charge in [0, 0.05) is 6.08 Å². The zero-order chi connectivity index (χ0) is 16.1. The van der Waals surface area contributed by atoms with Gasteiger partial charge in [-0.1, -0.05) is 53.0 Å². The van der Waals surface area contributed by atoms with Crippen molar-refractivity contribution in [3.8, 4) is 5.75 Å². The molecule has 0 heterocycles. The Labute approximate surface area is 138 Å². The molecule has 0 saturated heterocycles. The number of ether oxygens (including phenoxy) is 1. The first-order valence-corrected chi connectivity index (χ1v) is 7.29. The molecule has 3 nitrogen and oxygen atoms in total. The van der Waals surface area contributed by atoms with Gasteiger partial charge in [0.2, 0.25) is 0 Å². The molecule has 0 aliphatic heterocycles. The van der Waals surface area contributed by atoms with E-state index in [4.69, 9.17) is 33.0 Å². The molecule has 0 atom stereocenters. The van der Waals surface area contributed by atoms with Crippen molar-refractivity contribution < 1.29 is 14.6 Å². The Morgan fingerprint density at radius 1 is 1.18 bits per heavy atom. The average Bonchev–Trinajstić information content (AvgIpc) is 2.46. The minimum atomic E-state index is -1.04. The second-order valence-electron chi connectivity index (χ2n) is 4.76. The van der Waals surface area contributed by atoms with E-state index in [2.05, 4.69) is 0 Å². The van der Waals surface area contributed by atoms with E-state index < -0.39 is 5.97 Å². The van der Waals surface area contributed by atoms with Crippen LogP contribution in [0, 0.1) is 6.92 Å². The number of carbonyl (C=O) groups is 1. The number of halogens is 2. The molecule has 0 fully saturated rings.